The number of halogens is 3. The number of fused-ring (bicyclic) bond motifs is 2. The number of unbranched alkanes of at least 4 members (excludes halogenated alkanes) is 3. The lowest BCUT2D eigenvalue weighted by Crippen LogP contribution is -2.51. The maximum Gasteiger partial charge on any atom is 0.442 e. The number of allylic oxidation sites excluding steroid dienone is 4. The van der Waals surface area contributed by atoms with Gasteiger partial charge in [-0.1, -0.05) is 68.5 Å². The Hall–Kier alpha value is -7.26. The smallest absolute Gasteiger partial charge is 0.356 e. The van der Waals surface area contributed by atoms with Crippen molar-refractivity contribution in [2.45, 2.75) is 120 Å². The van der Waals surface area contributed by atoms with Crippen LogP contribution in [0.3, 0.4) is 0 Å². The number of benzene rings is 3. The van der Waals surface area contributed by atoms with Crippen molar-refractivity contribution in [1.82, 2.24) is 32.1 Å². The van der Waals surface area contributed by atoms with Crippen LogP contribution in [-0.2, 0) is 40.5 Å². The standard InChI is InChI=1S/C54H68F3N11O7/c1-51(2)37-17-6-8-21-41(37)67(5)43(51)23-16-24-44-52(3,4)38-18-7-9-22-42(38)68(44)32-15-12-25-45(69)59-31-14-11-20-39(63-48(72)35-26-28-36(29-27-35)53(65-66-53)54(55,56)57)49(73)61-33-46(70)60-34-47(71)62-40(50(74)64-75)19-10-13-30-58/h6-9,16-18,21-24,26-29,39-40H,10-15,19-20,25,30-34,58H2,1-5H3,(H6-,59,60,61,62,63,64,65,66,69,70,71,72,73,74,75)/p+1/t39-,40-/m0/s1. The zero-order valence-electron chi connectivity index (χ0n) is 43.1. The number of carbonyl (C=O) groups excluding carboxylic acids is 6. The zero-order valence-corrected chi connectivity index (χ0v) is 43.1. The van der Waals surface area contributed by atoms with E-state index in [1.54, 1.807) is 0 Å². The summed E-state index contributed by atoms with van der Waals surface area (Å²) in [6.45, 7) is 9.13. The summed E-state index contributed by atoms with van der Waals surface area (Å²) in [7, 11) is 2.10. The van der Waals surface area contributed by atoms with Crippen LogP contribution in [0.2, 0.25) is 0 Å². The summed E-state index contributed by atoms with van der Waals surface area (Å²) in [5.41, 5.74) is 10.8. The predicted octanol–water partition coefficient (Wildman–Crippen LogP) is 5.72. The Labute approximate surface area is 434 Å². The molecule has 0 saturated heterocycles. The molecule has 18 nitrogen and oxygen atoms in total. The summed E-state index contributed by atoms with van der Waals surface area (Å²) in [5.74, 6) is -4.04. The molecular weight excluding hydrogens is 972 g/mol. The van der Waals surface area contributed by atoms with Crippen LogP contribution in [-0.4, -0.2) is 109 Å². The Morgan fingerprint density at radius 1 is 0.733 bits per heavy atom. The number of nitrogens with two attached hydrogens (primary N) is 1. The van der Waals surface area contributed by atoms with Crippen molar-refractivity contribution in [1.29, 1.82) is 0 Å². The average Bonchev–Trinajstić information content (AvgIpc) is 4.15. The SMILES string of the molecule is C[N+]1=C(/C=C/C=C2/N(CCCCC(=O)NCCCC[C@H](NC(=O)c3ccc(C4(C(F)(F)F)N=N4)cc3)C(=O)NCC(=O)NCC(=O)N[C@@H](CCCCN)C(=O)NO)c3ccccc3C2(C)C)C(C)(C)c2ccccc21. The molecule has 0 bridgehead atoms. The minimum atomic E-state index is -4.77. The van der Waals surface area contributed by atoms with E-state index in [0.717, 1.165) is 36.4 Å². The molecule has 3 aliphatic rings. The third kappa shape index (κ3) is 13.7. The quantitative estimate of drug-likeness (QED) is 0.0212. The monoisotopic (exact) mass is 1040 g/mol. The summed E-state index contributed by atoms with van der Waals surface area (Å²) in [4.78, 5) is 79.4. The van der Waals surface area contributed by atoms with Crippen LogP contribution in [0, 0.1) is 0 Å². The van der Waals surface area contributed by atoms with Crippen LogP contribution >= 0.6 is 0 Å². The second kappa shape index (κ2) is 24.8. The second-order valence-electron chi connectivity index (χ2n) is 19.9. The number of hydrogen-bond acceptors (Lipinski definition) is 11. The number of amides is 6. The molecule has 3 aromatic rings. The number of anilines is 1. The van der Waals surface area contributed by atoms with Crippen LogP contribution in [0.15, 0.2) is 107 Å². The van der Waals surface area contributed by atoms with E-state index >= 15 is 0 Å². The van der Waals surface area contributed by atoms with E-state index < -0.39 is 66.5 Å². The first-order valence-corrected chi connectivity index (χ1v) is 25.3. The topological polar surface area (TPSA) is 252 Å². The van der Waals surface area contributed by atoms with Gasteiger partial charge in [-0.05, 0) is 102 Å². The lowest BCUT2D eigenvalue weighted by atomic mass is 9.81. The summed E-state index contributed by atoms with van der Waals surface area (Å²) < 4.78 is 43.0. The fourth-order valence-electron chi connectivity index (χ4n) is 9.68. The van der Waals surface area contributed by atoms with E-state index in [9.17, 15) is 41.9 Å². The van der Waals surface area contributed by atoms with Crippen LogP contribution in [0.1, 0.15) is 113 Å². The Morgan fingerprint density at radius 3 is 2.03 bits per heavy atom. The Kier molecular flexibility index (Phi) is 18.9. The van der Waals surface area contributed by atoms with Crippen molar-refractivity contribution in [2.24, 2.45) is 16.0 Å². The molecule has 0 fully saturated rings. The van der Waals surface area contributed by atoms with E-state index in [4.69, 9.17) is 10.9 Å². The normalized spacial score (nSPS) is 17.0. The van der Waals surface area contributed by atoms with Gasteiger partial charge >= 0.3 is 11.8 Å². The molecule has 3 heterocycles. The summed E-state index contributed by atoms with van der Waals surface area (Å²) in [6, 6.07) is 19.0. The number of nitrogens with zero attached hydrogens (tertiary/aromatic N) is 4. The van der Waals surface area contributed by atoms with E-state index in [2.05, 4.69) is 142 Å². The largest absolute Gasteiger partial charge is 0.442 e. The Morgan fingerprint density at radius 2 is 1.37 bits per heavy atom. The first-order valence-electron chi connectivity index (χ1n) is 25.3. The number of rotatable bonds is 26. The van der Waals surface area contributed by atoms with E-state index in [1.165, 1.54) is 33.7 Å². The molecule has 6 amide bonds. The highest BCUT2D eigenvalue weighted by atomic mass is 19.4. The van der Waals surface area contributed by atoms with Gasteiger partial charge < -0.3 is 37.2 Å². The summed E-state index contributed by atoms with van der Waals surface area (Å²) in [6.07, 6.45) is 5.51. The van der Waals surface area contributed by atoms with Gasteiger partial charge in [0, 0.05) is 65.1 Å². The zero-order chi connectivity index (χ0) is 54.6. The van der Waals surface area contributed by atoms with Crippen molar-refractivity contribution < 1.29 is 51.7 Å². The maximum atomic E-state index is 13.6. The molecule has 9 N–H and O–H groups in total. The molecule has 75 heavy (non-hydrogen) atoms. The fraction of sp³-hybridized carbons (Fsp3) is 0.463. The molecule has 0 spiro atoms. The number of para-hydroxylation sites is 2. The van der Waals surface area contributed by atoms with Crippen LogP contribution < -0.4 is 42.7 Å². The lowest BCUT2D eigenvalue weighted by Gasteiger charge is -2.27. The van der Waals surface area contributed by atoms with Crippen molar-refractivity contribution in [2.75, 3.05) is 44.7 Å². The van der Waals surface area contributed by atoms with Gasteiger partial charge in [-0.15, -0.1) is 10.2 Å². The number of alkyl halides is 3. The molecule has 402 valence electrons. The number of hydrogen-bond donors (Lipinski definition) is 8. The first-order chi connectivity index (χ1) is 35.7. The van der Waals surface area contributed by atoms with Crippen molar-refractivity contribution in [3.8, 4) is 0 Å². The van der Waals surface area contributed by atoms with E-state index in [-0.39, 0.29) is 47.3 Å². The third-order valence-corrected chi connectivity index (χ3v) is 14.0. The minimum Gasteiger partial charge on any atom is -0.356 e. The molecule has 0 aromatic heterocycles. The average molecular weight is 1040 g/mol. The summed E-state index contributed by atoms with van der Waals surface area (Å²) >= 11 is 0. The number of carbonyl (C=O) groups is 6. The molecule has 2 atom stereocenters. The Bertz CT molecular complexity index is 2710. The number of nitrogens with one attached hydrogen (secondary N) is 6. The van der Waals surface area contributed by atoms with Crippen LogP contribution in [0.4, 0.5) is 24.5 Å². The second-order valence-corrected chi connectivity index (χ2v) is 19.9. The van der Waals surface area contributed by atoms with E-state index in [0.29, 0.717) is 51.6 Å². The summed E-state index contributed by atoms with van der Waals surface area (Å²) in [5, 5.41) is 28.1. The van der Waals surface area contributed by atoms with Gasteiger partial charge in [0.1, 0.15) is 19.1 Å². The molecule has 0 unspecified atom stereocenters. The molecule has 6 rings (SSSR count). The van der Waals surface area contributed by atoms with Crippen molar-refractivity contribution >= 4 is 52.5 Å². The molecular formula is C54H69F3N11O7+. The Balaban J connectivity index is 0.993. The van der Waals surface area contributed by atoms with Crippen LogP contribution in [0.5, 0.6) is 0 Å². The van der Waals surface area contributed by atoms with Gasteiger partial charge in [0.2, 0.25) is 29.3 Å². The van der Waals surface area contributed by atoms with Gasteiger partial charge in [-0.2, -0.15) is 17.7 Å². The molecule has 0 aliphatic carbocycles. The first kappa shape index (κ1) is 57.0. The van der Waals surface area contributed by atoms with Gasteiger partial charge in [0.25, 0.3) is 11.8 Å². The predicted molar refractivity (Wildman–Crippen MR) is 276 cm³/mol. The molecule has 21 heteroatoms. The lowest BCUT2D eigenvalue weighted by molar-refractivity contribution is -0.401. The van der Waals surface area contributed by atoms with Gasteiger partial charge in [-0.3, -0.25) is 34.0 Å². The highest BCUT2D eigenvalue weighted by Crippen LogP contribution is 2.52. The van der Waals surface area contributed by atoms with Crippen molar-refractivity contribution in [3.05, 3.63) is 119 Å². The molecule has 0 saturated carbocycles. The van der Waals surface area contributed by atoms with Gasteiger partial charge in [-0.25, -0.2) is 5.48 Å². The highest BCUT2D eigenvalue weighted by molar-refractivity contribution is 6.03. The highest BCUT2D eigenvalue weighted by Gasteiger charge is 2.65. The fourth-order valence-corrected chi connectivity index (χ4v) is 9.68. The molecule has 3 aromatic carbocycles. The third-order valence-electron chi connectivity index (χ3n) is 14.0. The molecule has 0 radical (unpaired) electrons. The van der Waals surface area contributed by atoms with Crippen LogP contribution in [0.25, 0.3) is 0 Å². The van der Waals surface area contributed by atoms with Gasteiger partial charge in [0.15, 0.2) is 5.71 Å². The maximum absolute atomic E-state index is 13.6. The minimum absolute atomic E-state index is 0.0503. The van der Waals surface area contributed by atoms with Gasteiger partial charge in [0.05, 0.1) is 18.5 Å². The number of hydroxylamine groups is 1. The molecule has 3 aliphatic heterocycles. The van der Waals surface area contributed by atoms with E-state index in [1.807, 2.05) is 6.07 Å². The van der Waals surface area contributed by atoms with Crippen molar-refractivity contribution in [3.63, 3.8) is 0 Å².